The maximum atomic E-state index is 12.7. The third kappa shape index (κ3) is 4.80. The Hall–Kier alpha value is -3.07. The quantitative estimate of drug-likeness (QED) is 0.555. The molecule has 0 atom stereocenters. The number of halogens is 4. The third-order valence-electron chi connectivity index (χ3n) is 3.84. The summed E-state index contributed by atoms with van der Waals surface area (Å²) in [6.07, 6.45) is -1.80. The highest BCUT2D eigenvalue weighted by Crippen LogP contribution is 2.34. The van der Waals surface area contributed by atoms with Gasteiger partial charge in [0.25, 0.3) is 0 Å². The second-order valence-corrected chi connectivity index (χ2v) is 6.23. The standard InChI is InChI=1S/C18H16ClF3N6/c19-13-8-12(18(20,21)22)9-25-15(13)28-17-14(23)16(26-10-27-17)24-7-6-11-4-2-1-3-5-11/h1-5,8-10H,6-7,23H2,(H2,24,25,26,27,28). The number of aromatic nitrogens is 3. The van der Waals surface area contributed by atoms with Crippen LogP contribution in [-0.2, 0) is 12.6 Å². The normalized spacial score (nSPS) is 11.3. The van der Waals surface area contributed by atoms with Gasteiger partial charge in [0, 0.05) is 12.7 Å². The van der Waals surface area contributed by atoms with E-state index >= 15 is 0 Å². The van der Waals surface area contributed by atoms with Crippen molar-refractivity contribution in [2.24, 2.45) is 0 Å². The van der Waals surface area contributed by atoms with Crippen LogP contribution in [0.1, 0.15) is 11.1 Å². The lowest BCUT2D eigenvalue weighted by Crippen LogP contribution is -2.11. The number of nitrogens with one attached hydrogen (secondary N) is 2. The molecule has 1 aromatic carbocycles. The minimum absolute atomic E-state index is 0.00954. The first-order valence-corrected chi connectivity index (χ1v) is 8.60. The molecule has 146 valence electrons. The van der Waals surface area contributed by atoms with Gasteiger partial charge in [-0.3, -0.25) is 0 Å². The molecule has 0 fully saturated rings. The average molecular weight is 409 g/mol. The smallest absolute Gasteiger partial charge is 0.393 e. The molecule has 0 saturated heterocycles. The molecular weight excluding hydrogens is 393 g/mol. The molecule has 4 N–H and O–H groups in total. The molecule has 2 heterocycles. The number of rotatable bonds is 6. The zero-order valence-corrected chi connectivity index (χ0v) is 15.2. The van der Waals surface area contributed by atoms with Gasteiger partial charge in [-0.15, -0.1) is 0 Å². The highest BCUT2D eigenvalue weighted by atomic mass is 35.5. The molecule has 28 heavy (non-hydrogen) atoms. The van der Waals surface area contributed by atoms with Crippen molar-refractivity contribution in [1.29, 1.82) is 0 Å². The third-order valence-corrected chi connectivity index (χ3v) is 4.13. The summed E-state index contributed by atoms with van der Waals surface area (Å²) in [6.45, 7) is 0.587. The van der Waals surface area contributed by atoms with E-state index in [2.05, 4.69) is 25.6 Å². The zero-order chi connectivity index (χ0) is 20.1. The highest BCUT2D eigenvalue weighted by Gasteiger charge is 2.31. The predicted octanol–water partition coefficient (Wildman–Crippen LogP) is 4.52. The van der Waals surface area contributed by atoms with Crippen LogP contribution in [0.25, 0.3) is 0 Å². The van der Waals surface area contributed by atoms with Crippen LogP contribution in [-0.4, -0.2) is 21.5 Å². The maximum Gasteiger partial charge on any atom is 0.417 e. The van der Waals surface area contributed by atoms with E-state index in [1.807, 2.05) is 30.3 Å². The number of hydrogen-bond acceptors (Lipinski definition) is 6. The molecule has 6 nitrogen and oxygen atoms in total. The van der Waals surface area contributed by atoms with Crippen molar-refractivity contribution in [2.75, 3.05) is 22.9 Å². The van der Waals surface area contributed by atoms with Gasteiger partial charge in [0.1, 0.15) is 17.8 Å². The second kappa shape index (κ2) is 8.30. The molecule has 0 spiro atoms. The summed E-state index contributed by atoms with van der Waals surface area (Å²) < 4.78 is 38.1. The lowest BCUT2D eigenvalue weighted by atomic mass is 10.1. The fourth-order valence-electron chi connectivity index (χ4n) is 2.40. The summed E-state index contributed by atoms with van der Waals surface area (Å²) in [5.41, 5.74) is 6.47. The van der Waals surface area contributed by atoms with Crippen molar-refractivity contribution in [3.8, 4) is 0 Å². The molecule has 0 saturated carbocycles. The first-order chi connectivity index (χ1) is 13.3. The Balaban J connectivity index is 1.71. The van der Waals surface area contributed by atoms with Gasteiger partial charge in [-0.25, -0.2) is 15.0 Å². The number of nitrogens with zero attached hydrogens (tertiary/aromatic N) is 3. The SMILES string of the molecule is Nc1c(NCCc2ccccc2)ncnc1Nc1ncc(C(F)(F)F)cc1Cl. The summed E-state index contributed by atoms with van der Waals surface area (Å²) in [5.74, 6) is 0.595. The van der Waals surface area contributed by atoms with Gasteiger partial charge < -0.3 is 16.4 Å². The van der Waals surface area contributed by atoms with Gasteiger partial charge in [-0.1, -0.05) is 41.9 Å². The van der Waals surface area contributed by atoms with Crippen LogP contribution < -0.4 is 16.4 Å². The van der Waals surface area contributed by atoms with E-state index < -0.39 is 11.7 Å². The topological polar surface area (TPSA) is 88.8 Å². The van der Waals surface area contributed by atoms with Crippen LogP contribution in [0.5, 0.6) is 0 Å². The molecule has 0 aliphatic rings. The molecule has 0 aliphatic carbocycles. The summed E-state index contributed by atoms with van der Waals surface area (Å²) in [7, 11) is 0. The fraction of sp³-hybridized carbons (Fsp3) is 0.167. The van der Waals surface area contributed by atoms with Gasteiger partial charge in [-0.2, -0.15) is 13.2 Å². The molecular formula is C18H16ClF3N6. The molecule has 0 aliphatic heterocycles. The monoisotopic (exact) mass is 408 g/mol. The van der Waals surface area contributed by atoms with E-state index in [1.165, 1.54) is 6.33 Å². The average Bonchev–Trinajstić information content (AvgIpc) is 2.66. The van der Waals surface area contributed by atoms with Crippen molar-refractivity contribution in [1.82, 2.24) is 15.0 Å². The number of benzene rings is 1. The Morgan fingerprint density at radius 2 is 1.71 bits per heavy atom. The van der Waals surface area contributed by atoms with Gasteiger partial charge >= 0.3 is 6.18 Å². The Kier molecular flexibility index (Phi) is 5.84. The molecule has 2 aromatic heterocycles. The number of nitrogen functional groups attached to an aromatic ring is 1. The number of nitrogens with two attached hydrogens (primary N) is 1. The van der Waals surface area contributed by atoms with Gasteiger partial charge in [0.15, 0.2) is 11.6 Å². The maximum absolute atomic E-state index is 12.7. The minimum atomic E-state index is -4.53. The van der Waals surface area contributed by atoms with Crippen LogP contribution in [0.3, 0.4) is 0 Å². The Bertz CT molecular complexity index is 950. The highest BCUT2D eigenvalue weighted by molar-refractivity contribution is 6.33. The van der Waals surface area contributed by atoms with Gasteiger partial charge in [-0.05, 0) is 18.1 Å². The molecule has 0 radical (unpaired) electrons. The lowest BCUT2D eigenvalue weighted by molar-refractivity contribution is -0.137. The number of anilines is 4. The van der Waals surface area contributed by atoms with Crippen molar-refractivity contribution in [3.63, 3.8) is 0 Å². The van der Waals surface area contributed by atoms with E-state index in [0.29, 0.717) is 18.6 Å². The van der Waals surface area contributed by atoms with Gasteiger partial charge in [0.2, 0.25) is 0 Å². The first-order valence-electron chi connectivity index (χ1n) is 8.22. The Morgan fingerprint density at radius 1 is 1.00 bits per heavy atom. The second-order valence-electron chi connectivity index (χ2n) is 5.82. The van der Waals surface area contributed by atoms with Crippen LogP contribution in [0.2, 0.25) is 5.02 Å². The van der Waals surface area contributed by atoms with E-state index in [4.69, 9.17) is 17.3 Å². The Morgan fingerprint density at radius 3 is 2.39 bits per heavy atom. The molecule has 0 bridgehead atoms. The predicted molar refractivity (Wildman–Crippen MR) is 103 cm³/mol. The summed E-state index contributed by atoms with van der Waals surface area (Å²) in [5, 5.41) is 5.65. The van der Waals surface area contributed by atoms with Crippen molar-refractivity contribution < 1.29 is 13.2 Å². The summed E-state index contributed by atoms with van der Waals surface area (Å²) >= 11 is 5.90. The van der Waals surface area contributed by atoms with Crippen LogP contribution >= 0.6 is 11.6 Å². The number of alkyl halides is 3. The minimum Gasteiger partial charge on any atom is -0.393 e. The van der Waals surface area contributed by atoms with Gasteiger partial charge in [0.05, 0.1) is 10.6 Å². The van der Waals surface area contributed by atoms with Crippen LogP contribution in [0.4, 0.5) is 36.3 Å². The van der Waals surface area contributed by atoms with Crippen LogP contribution in [0, 0.1) is 0 Å². The summed E-state index contributed by atoms with van der Waals surface area (Å²) in [6, 6.07) is 10.7. The molecule has 3 aromatic rings. The van der Waals surface area contributed by atoms with Crippen molar-refractivity contribution in [3.05, 3.63) is 65.1 Å². The van der Waals surface area contributed by atoms with Crippen molar-refractivity contribution >= 4 is 34.7 Å². The summed E-state index contributed by atoms with van der Waals surface area (Å²) in [4.78, 5) is 11.8. The molecule has 10 heteroatoms. The zero-order valence-electron chi connectivity index (χ0n) is 14.5. The van der Waals surface area contributed by atoms with E-state index in [0.717, 1.165) is 18.1 Å². The fourth-order valence-corrected chi connectivity index (χ4v) is 2.62. The number of hydrogen-bond donors (Lipinski definition) is 3. The molecule has 0 unspecified atom stereocenters. The largest absolute Gasteiger partial charge is 0.417 e. The van der Waals surface area contributed by atoms with E-state index in [9.17, 15) is 13.2 Å². The first kappa shape index (κ1) is 19.7. The van der Waals surface area contributed by atoms with E-state index in [1.54, 1.807) is 0 Å². The lowest BCUT2D eigenvalue weighted by Gasteiger charge is -2.13. The molecule has 0 amide bonds. The Labute approximate surface area is 164 Å². The van der Waals surface area contributed by atoms with E-state index in [-0.39, 0.29) is 22.3 Å². The van der Waals surface area contributed by atoms with Crippen molar-refractivity contribution in [2.45, 2.75) is 12.6 Å². The molecule has 3 rings (SSSR count). The van der Waals surface area contributed by atoms with Crippen LogP contribution in [0.15, 0.2) is 48.9 Å². The number of pyridine rings is 1.